The first-order valence-corrected chi connectivity index (χ1v) is 7.94. The summed E-state index contributed by atoms with van der Waals surface area (Å²) in [6, 6.07) is 0.248. The number of carbonyl (C=O) groups is 1. The monoisotopic (exact) mass is 282 g/mol. The highest BCUT2D eigenvalue weighted by molar-refractivity contribution is 5.77. The van der Waals surface area contributed by atoms with E-state index in [1.54, 1.807) is 7.11 Å². The molecule has 2 rings (SSSR count). The smallest absolute Gasteiger partial charge is 0.222 e. The van der Waals surface area contributed by atoms with Gasteiger partial charge in [0.1, 0.15) is 0 Å². The molecule has 116 valence electrons. The van der Waals surface area contributed by atoms with Crippen molar-refractivity contribution in [2.45, 2.75) is 76.5 Å². The molecule has 2 aliphatic rings. The van der Waals surface area contributed by atoms with Gasteiger partial charge in [-0.1, -0.05) is 33.1 Å². The van der Waals surface area contributed by atoms with Crippen LogP contribution in [-0.2, 0) is 9.53 Å². The lowest BCUT2D eigenvalue weighted by atomic mass is 9.64. The third kappa shape index (κ3) is 3.01. The Kier molecular flexibility index (Phi) is 4.75. The molecule has 4 nitrogen and oxygen atoms in total. The van der Waals surface area contributed by atoms with Crippen LogP contribution < -0.4 is 10.6 Å². The summed E-state index contributed by atoms with van der Waals surface area (Å²) >= 11 is 0. The van der Waals surface area contributed by atoms with Gasteiger partial charge in [-0.05, 0) is 26.3 Å². The topological polar surface area (TPSA) is 50.4 Å². The van der Waals surface area contributed by atoms with E-state index in [-0.39, 0.29) is 29.0 Å². The molecule has 0 aliphatic heterocycles. The Morgan fingerprint density at radius 1 is 1.25 bits per heavy atom. The van der Waals surface area contributed by atoms with Gasteiger partial charge in [0.25, 0.3) is 0 Å². The molecule has 0 aromatic heterocycles. The highest BCUT2D eigenvalue weighted by atomic mass is 16.5. The standard InChI is InChI=1S/C16H30N2O2/c1-15(2)12(10-13(15)20-4)18-14(19)11-16(17-3)8-6-5-7-9-16/h12-13,17H,5-11H2,1-4H3,(H,18,19). The average molecular weight is 282 g/mol. The normalized spacial score (nSPS) is 31.4. The predicted molar refractivity (Wildman–Crippen MR) is 80.6 cm³/mol. The Morgan fingerprint density at radius 3 is 2.40 bits per heavy atom. The summed E-state index contributed by atoms with van der Waals surface area (Å²) in [7, 11) is 3.75. The van der Waals surface area contributed by atoms with Gasteiger partial charge in [-0.25, -0.2) is 0 Å². The van der Waals surface area contributed by atoms with Crippen molar-refractivity contribution in [3.8, 4) is 0 Å². The fourth-order valence-corrected chi connectivity index (χ4v) is 3.83. The van der Waals surface area contributed by atoms with Crippen LogP contribution in [0.1, 0.15) is 58.8 Å². The molecule has 2 unspecified atom stereocenters. The molecule has 0 radical (unpaired) electrons. The molecule has 0 spiro atoms. The Hall–Kier alpha value is -0.610. The first-order valence-electron chi connectivity index (χ1n) is 7.94. The maximum atomic E-state index is 12.4. The zero-order valence-electron chi connectivity index (χ0n) is 13.4. The van der Waals surface area contributed by atoms with E-state index in [0.29, 0.717) is 6.42 Å². The molecule has 2 aliphatic carbocycles. The summed E-state index contributed by atoms with van der Waals surface area (Å²) in [6.45, 7) is 4.34. The largest absolute Gasteiger partial charge is 0.381 e. The highest BCUT2D eigenvalue weighted by Crippen LogP contribution is 2.42. The number of hydrogen-bond acceptors (Lipinski definition) is 3. The van der Waals surface area contributed by atoms with Gasteiger partial charge >= 0.3 is 0 Å². The van der Waals surface area contributed by atoms with E-state index in [0.717, 1.165) is 19.3 Å². The zero-order chi connectivity index (χ0) is 14.8. The minimum Gasteiger partial charge on any atom is -0.381 e. The number of ether oxygens (including phenoxy) is 1. The molecule has 0 aromatic carbocycles. The van der Waals surface area contributed by atoms with Crippen molar-refractivity contribution in [2.24, 2.45) is 5.41 Å². The molecule has 0 saturated heterocycles. The van der Waals surface area contributed by atoms with E-state index in [1.807, 2.05) is 7.05 Å². The van der Waals surface area contributed by atoms with Crippen LogP contribution in [0.4, 0.5) is 0 Å². The first kappa shape index (κ1) is 15.8. The fourth-order valence-electron chi connectivity index (χ4n) is 3.83. The van der Waals surface area contributed by atoms with Gasteiger partial charge in [0.2, 0.25) is 5.91 Å². The quantitative estimate of drug-likeness (QED) is 0.813. The predicted octanol–water partition coefficient (Wildman–Crippen LogP) is 2.23. The van der Waals surface area contributed by atoms with Gasteiger partial charge in [-0.3, -0.25) is 4.79 Å². The maximum Gasteiger partial charge on any atom is 0.222 e. The van der Waals surface area contributed by atoms with Crippen LogP contribution in [0.5, 0.6) is 0 Å². The van der Waals surface area contributed by atoms with Crippen LogP contribution in [0.2, 0.25) is 0 Å². The van der Waals surface area contributed by atoms with Gasteiger partial charge in [-0.15, -0.1) is 0 Å². The van der Waals surface area contributed by atoms with Crippen LogP contribution in [-0.4, -0.2) is 37.7 Å². The van der Waals surface area contributed by atoms with Crippen molar-refractivity contribution < 1.29 is 9.53 Å². The summed E-state index contributed by atoms with van der Waals surface area (Å²) in [6.07, 6.45) is 7.80. The molecular weight excluding hydrogens is 252 g/mol. The molecule has 2 fully saturated rings. The van der Waals surface area contributed by atoms with E-state index < -0.39 is 0 Å². The fraction of sp³-hybridized carbons (Fsp3) is 0.938. The van der Waals surface area contributed by atoms with E-state index >= 15 is 0 Å². The lowest BCUT2D eigenvalue weighted by Gasteiger charge is -2.51. The molecule has 2 N–H and O–H groups in total. The Morgan fingerprint density at radius 2 is 1.90 bits per heavy atom. The molecule has 2 saturated carbocycles. The number of carbonyl (C=O) groups excluding carboxylic acids is 1. The molecule has 0 aromatic rings. The second kappa shape index (κ2) is 6.02. The van der Waals surface area contributed by atoms with Crippen molar-refractivity contribution in [3.05, 3.63) is 0 Å². The van der Waals surface area contributed by atoms with Gasteiger partial charge in [-0.2, -0.15) is 0 Å². The zero-order valence-corrected chi connectivity index (χ0v) is 13.4. The Balaban J connectivity index is 1.86. The highest BCUT2D eigenvalue weighted by Gasteiger charge is 2.49. The SMILES string of the molecule is CNC1(CC(=O)NC2CC(OC)C2(C)C)CCCCC1. The van der Waals surface area contributed by atoms with Crippen molar-refractivity contribution >= 4 is 5.91 Å². The van der Waals surface area contributed by atoms with E-state index in [2.05, 4.69) is 24.5 Å². The minimum atomic E-state index is 0.0247. The maximum absolute atomic E-state index is 12.4. The van der Waals surface area contributed by atoms with Crippen LogP contribution in [0.15, 0.2) is 0 Å². The lowest BCUT2D eigenvalue weighted by Crippen LogP contribution is -2.62. The molecular formula is C16H30N2O2. The van der Waals surface area contributed by atoms with Gasteiger partial charge < -0.3 is 15.4 Å². The van der Waals surface area contributed by atoms with Gasteiger partial charge in [0, 0.05) is 30.5 Å². The van der Waals surface area contributed by atoms with Crippen molar-refractivity contribution in [3.63, 3.8) is 0 Å². The number of rotatable bonds is 5. The van der Waals surface area contributed by atoms with E-state index in [1.165, 1.54) is 19.3 Å². The third-order valence-corrected chi connectivity index (χ3v) is 5.64. The number of methoxy groups -OCH3 is 1. The average Bonchev–Trinajstić information content (AvgIpc) is 2.44. The minimum absolute atomic E-state index is 0.0247. The summed E-state index contributed by atoms with van der Waals surface area (Å²) in [5, 5.41) is 6.63. The summed E-state index contributed by atoms with van der Waals surface area (Å²) in [4.78, 5) is 12.4. The Labute approximate surface area is 123 Å². The van der Waals surface area contributed by atoms with Gasteiger partial charge in [0.15, 0.2) is 0 Å². The van der Waals surface area contributed by atoms with E-state index in [9.17, 15) is 4.79 Å². The molecule has 20 heavy (non-hydrogen) atoms. The van der Waals surface area contributed by atoms with Gasteiger partial charge in [0.05, 0.1) is 6.10 Å². The van der Waals surface area contributed by atoms with Crippen LogP contribution in [0, 0.1) is 5.41 Å². The number of hydrogen-bond donors (Lipinski definition) is 2. The Bertz CT molecular complexity index is 348. The van der Waals surface area contributed by atoms with Crippen molar-refractivity contribution in [2.75, 3.05) is 14.2 Å². The molecule has 0 heterocycles. The number of amides is 1. The molecule has 1 amide bonds. The van der Waals surface area contributed by atoms with Crippen LogP contribution >= 0.6 is 0 Å². The summed E-state index contributed by atoms with van der Waals surface area (Å²) in [5.41, 5.74) is 0.0701. The van der Waals surface area contributed by atoms with Crippen molar-refractivity contribution in [1.82, 2.24) is 10.6 Å². The molecule has 2 atom stereocenters. The third-order valence-electron chi connectivity index (χ3n) is 5.64. The second-order valence-electron chi connectivity index (χ2n) is 7.17. The van der Waals surface area contributed by atoms with Crippen LogP contribution in [0.3, 0.4) is 0 Å². The molecule has 0 bridgehead atoms. The summed E-state index contributed by atoms with van der Waals surface area (Å²) < 4.78 is 5.44. The van der Waals surface area contributed by atoms with Crippen LogP contribution in [0.25, 0.3) is 0 Å². The lowest BCUT2D eigenvalue weighted by molar-refractivity contribution is -0.134. The second-order valence-corrected chi connectivity index (χ2v) is 7.17. The van der Waals surface area contributed by atoms with Crippen molar-refractivity contribution in [1.29, 1.82) is 0 Å². The van der Waals surface area contributed by atoms with E-state index in [4.69, 9.17) is 4.74 Å². The molecule has 4 heteroatoms. The number of nitrogens with one attached hydrogen (secondary N) is 2. The summed E-state index contributed by atoms with van der Waals surface area (Å²) in [5.74, 6) is 0.189. The first-order chi connectivity index (χ1) is 9.43.